The van der Waals surface area contributed by atoms with Gasteiger partial charge in [-0.1, -0.05) is 11.6 Å². The Bertz CT molecular complexity index is 1570. The summed E-state index contributed by atoms with van der Waals surface area (Å²) >= 11 is 6.35. The van der Waals surface area contributed by atoms with Gasteiger partial charge in [0.2, 0.25) is 0 Å². The Morgan fingerprint density at radius 3 is 2.77 bits per heavy atom. The van der Waals surface area contributed by atoms with Crippen LogP contribution in [0.25, 0.3) is 33.1 Å². The zero-order valence-corrected chi connectivity index (χ0v) is 23.0. The predicted molar refractivity (Wildman–Crippen MR) is 150 cm³/mol. The molecule has 0 spiro atoms. The van der Waals surface area contributed by atoms with Gasteiger partial charge in [0.25, 0.3) is 0 Å². The molecule has 0 saturated carbocycles. The van der Waals surface area contributed by atoms with E-state index in [0.717, 1.165) is 38.8 Å². The number of halogens is 3. The van der Waals surface area contributed by atoms with Crippen molar-refractivity contribution in [3.63, 3.8) is 0 Å². The van der Waals surface area contributed by atoms with Gasteiger partial charge in [0.05, 0.1) is 29.2 Å². The minimum absolute atomic E-state index is 0.0273. The van der Waals surface area contributed by atoms with E-state index in [9.17, 15) is 4.39 Å². The minimum Gasteiger partial charge on any atom is -0.461 e. The molecule has 1 aromatic carbocycles. The van der Waals surface area contributed by atoms with Crippen molar-refractivity contribution in [1.29, 1.82) is 0 Å². The van der Waals surface area contributed by atoms with Gasteiger partial charge in [-0.2, -0.15) is 15.1 Å². The second-order valence-corrected chi connectivity index (χ2v) is 11.7. The molecule has 3 aliphatic heterocycles. The third-order valence-electron chi connectivity index (χ3n) is 8.81. The van der Waals surface area contributed by atoms with Crippen LogP contribution in [0.15, 0.2) is 24.5 Å². The number of alkyl halides is 1. The molecular weight excluding hydrogens is 538 g/mol. The molecule has 2 atom stereocenters. The van der Waals surface area contributed by atoms with E-state index in [0.29, 0.717) is 52.3 Å². The van der Waals surface area contributed by atoms with Gasteiger partial charge in [-0.3, -0.25) is 15.0 Å². The number of ether oxygens (including phenoxy) is 1. The van der Waals surface area contributed by atoms with Gasteiger partial charge in [0.15, 0.2) is 5.82 Å². The largest absolute Gasteiger partial charge is 0.461 e. The molecule has 3 fully saturated rings. The molecule has 3 aliphatic rings. The Morgan fingerprint density at radius 1 is 1.15 bits per heavy atom. The molecule has 0 aliphatic carbocycles. The van der Waals surface area contributed by atoms with Crippen molar-refractivity contribution in [3.8, 4) is 17.3 Å². The molecule has 2 N–H and O–H groups in total. The quantitative estimate of drug-likeness (QED) is 0.351. The van der Waals surface area contributed by atoms with Gasteiger partial charge >= 0.3 is 6.01 Å². The second-order valence-electron chi connectivity index (χ2n) is 11.2. The van der Waals surface area contributed by atoms with E-state index >= 15 is 4.39 Å². The van der Waals surface area contributed by atoms with Crippen LogP contribution in [-0.4, -0.2) is 87.6 Å². The predicted octanol–water partition coefficient (Wildman–Crippen LogP) is 4.50. The van der Waals surface area contributed by atoms with Crippen molar-refractivity contribution >= 4 is 39.2 Å². The molecule has 0 amide bonds. The first-order valence-corrected chi connectivity index (χ1v) is 14.3. The van der Waals surface area contributed by atoms with Crippen LogP contribution in [0, 0.1) is 5.82 Å². The number of aromatic nitrogens is 5. The van der Waals surface area contributed by atoms with Crippen LogP contribution in [-0.2, 0) is 0 Å². The fourth-order valence-electron chi connectivity index (χ4n) is 6.81. The smallest absolute Gasteiger partial charge is 0.319 e. The summed E-state index contributed by atoms with van der Waals surface area (Å²) in [6, 6.07) is 3.42. The molecule has 9 nitrogen and oxygen atoms in total. The number of anilines is 1. The molecule has 3 saturated heterocycles. The highest BCUT2D eigenvalue weighted by Crippen LogP contribution is 2.40. The number of piperidine rings is 1. The third-order valence-corrected chi connectivity index (χ3v) is 9.03. The lowest BCUT2D eigenvalue weighted by Crippen LogP contribution is -2.49. The number of hydrogen-bond donors (Lipinski definition) is 2. The fraction of sp³-hybridized carbons (Fsp3) is 0.500. The van der Waals surface area contributed by atoms with Crippen molar-refractivity contribution in [2.75, 3.05) is 44.7 Å². The number of likely N-dealkylation sites (N-methyl/N-ethyl adjacent to an activating group) is 1. The first kappa shape index (κ1) is 25.8. The number of aromatic amines is 1. The Balaban J connectivity index is 1.35. The van der Waals surface area contributed by atoms with Crippen LogP contribution in [0.2, 0.25) is 5.02 Å². The van der Waals surface area contributed by atoms with Gasteiger partial charge in [0, 0.05) is 34.8 Å². The summed E-state index contributed by atoms with van der Waals surface area (Å²) in [5.41, 5.74) is 1.33. The summed E-state index contributed by atoms with van der Waals surface area (Å²) in [4.78, 5) is 18.1. The Morgan fingerprint density at radius 2 is 1.98 bits per heavy atom. The average Bonchev–Trinajstić information content (AvgIpc) is 3.67. The van der Waals surface area contributed by atoms with Crippen LogP contribution in [0.4, 0.5) is 14.6 Å². The topological polar surface area (TPSA) is 95.1 Å². The zero-order chi connectivity index (χ0) is 27.4. The number of pyridine rings is 1. The molecule has 6 heterocycles. The standard InChI is InChI=1S/C28H31ClF2N8O/c1-32-18-10-17(30)13-38(14-18)26-21-11-33-24(19-8-16(29)9-22-20(19)12-34-37-22)23(31)25(21)35-27(36-26)40-15-28-4-2-6-39(28)7-3-5-28/h8-9,11-12,17-18,32H,2-7,10,13-15H2,1H3,(H,34,37). The van der Waals surface area contributed by atoms with Crippen LogP contribution in [0.3, 0.4) is 0 Å². The van der Waals surface area contributed by atoms with E-state index in [1.807, 2.05) is 11.9 Å². The van der Waals surface area contributed by atoms with E-state index < -0.39 is 12.0 Å². The SMILES string of the molecule is CNC1CC(F)CN(c2nc(OCC34CCCN3CCC4)nc3c(F)c(-c4cc(Cl)cc5[nH]ncc45)ncc23)C1. The lowest BCUT2D eigenvalue weighted by molar-refractivity contribution is 0.108. The van der Waals surface area contributed by atoms with Crippen molar-refractivity contribution in [1.82, 2.24) is 35.4 Å². The number of fused-ring (bicyclic) bond motifs is 3. The number of hydrogen-bond acceptors (Lipinski definition) is 8. The summed E-state index contributed by atoms with van der Waals surface area (Å²) in [6.45, 7) is 3.24. The highest BCUT2D eigenvalue weighted by Gasteiger charge is 2.45. The fourth-order valence-corrected chi connectivity index (χ4v) is 7.02. The molecule has 2 unspecified atom stereocenters. The lowest BCUT2D eigenvalue weighted by atomic mass is 9.95. The van der Waals surface area contributed by atoms with E-state index in [4.69, 9.17) is 21.3 Å². The van der Waals surface area contributed by atoms with Crippen LogP contribution in [0.5, 0.6) is 6.01 Å². The maximum absolute atomic E-state index is 16.4. The normalized spacial score (nSPS) is 22.9. The number of nitrogens with zero attached hydrogens (tertiary/aromatic N) is 6. The molecule has 12 heteroatoms. The first-order chi connectivity index (χ1) is 19.4. The summed E-state index contributed by atoms with van der Waals surface area (Å²) in [5.74, 6) is -0.191. The Kier molecular flexibility index (Phi) is 6.47. The van der Waals surface area contributed by atoms with Gasteiger partial charge < -0.3 is 15.0 Å². The molecule has 3 aromatic heterocycles. The average molecular weight is 569 g/mol. The first-order valence-electron chi connectivity index (χ1n) is 13.9. The zero-order valence-electron chi connectivity index (χ0n) is 22.3. The highest BCUT2D eigenvalue weighted by atomic mass is 35.5. The molecule has 4 aromatic rings. The van der Waals surface area contributed by atoms with E-state index in [-0.39, 0.29) is 35.3 Å². The Hall–Kier alpha value is -3.15. The molecule has 7 rings (SSSR count). The van der Waals surface area contributed by atoms with Crippen molar-refractivity contribution in [2.45, 2.75) is 49.9 Å². The maximum Gasteiger partial charge on any atom is 0.319 e. The second kappa shape index (κ2) is 10.0. The number of H-pyrrole nitrogens is 1. The lowest BCUT2D eigenvalue weighted by Gasteiger charge is -2.36. The van der Waals surface area contributed by atoms with Crippen LogP contribution in [0.1, 0.15) is 32.1 Å². The summed E-state index contributed by atoms with van der Waals surface area (Å²) < 4.78 is 37.5. The van der Waals surface area contributed by atoms with Gasteiger partial charge in [0.1, 0.15) is 29.8 Å². The Labute approximate surface area is 235 Å². The van der Waals surface area contributed by atoms with E-state index in [1.54, 1.807) is 24.5 Å². The van der Waals surface area contributed by atoms with Gasteiger partial charge in [-0.05, 0) is 64.4 Å². The van der Waals surface area contributed by atoms with Gasteiger partial charge in [-0.15, -0.1) is 0 Å². The molecule has 210 valence electrons. The molecule has 0 radical (unpaired) electrons. The van der Waals surface area contributed by atoms with Crippen molar-refractivity contribution < 1.29 is 13.5 Å². The summed E-state index contributed by atoms with van der Waals surface area (Å²) in [7, 11) is 1.82. The monoisotopic (exact) mass is 568 g/mol. The van der Waals surface area contributed by atoms with E-state index in [1.165, 1.54) is 0 Å². The van der Waals surface area contributed by atoms with Crippen LogP contribution >= 0.6 is 11.6 Å². The highest BCUT2D eigenvalue weighted by molar-refractivity contribution is 6.31. The molecule has 0 bridgehead atoms. The number of rotatable bonds is 6. The van der Waals surface area contributed by atoms with Crippen LogP contribution < -0.4 is 15.0 Å². The van der Waals surface area contributed by atoms with Crippen molar-refractivity contribution in [3.05, 3.63) is 35.4 Å². The third kappa shape index (κ3) is 4.35. The maximum atomic E-state index is 16.4. The number of nitrogens with one attached hydrogen (secondary N) is 2. The van der Waals surface area contributed by atoms with E-state index in [2.05, 4.69) is 30.4 Å². The molecular formula is C28H31ClF2N8O. The van der Waals surface area contributed by atoms with Crippen molar-refractivity contribution in [2.24, 2.45) is 0 Å². The molecule has 40 heavy (non-hydrogen) atoms. The summed E-state index contributed by atoms with van der Waals surface area (Å²) in [6.07, 6.45) is 6.92. The van der Waals surface area contributed by atoms with Gasteiger partial charge in [-0.25, -0.2) is 8.78 Å². The minimum atomic E-state index is -1.05. The summed E-state index contributed by atoms with van der Waals surface area (Å²) in [5, 5.41) is 11.7. The number of benzene rings is 1.